The Balaban J connectivity index is 1.20. The van der Waals surface area contributed by atoms with Gasteiger partial charge in [-0.2, -0.15) is 0 Å². The molecule has 4 unspecified atom stereocenters. The van der Waals surface area contributed by atoms with Crippen LogP contribution in [0.25, 0.3) is 0 Å². The van der Waals surface area contributed by atoms with E-state index in [4.69, 9.17) is 4.84 Å². The van der Waals surface area contributed by atoms with Crippen LogP contribution in [0.5, 0.6) is 0 Å². The maximum absolute atomic E-state index is 12.4. The Morgan fingerprint density at radius 1 is 1.14 bits per heavy atom. The molecule has 1 heterocycles. The number of oxime groups is 1. The minimum Gasteiger partial charge on any atom is -0.385 e. The van der Waals surface area contributed by atoms with Crippen LogP contribution in [0.15, 0.2) is 41.3 Å². The summed E-state index contributed by atoms with van der Waals surface area (Å²) in [7, 11) is 0. The number of aromatic nitrogens is 1. The Kier molecular flexibility index (Phi) is 6.58. The lowest BCUT2D eigenvalue weighted by Gasteiger charge is -2.58. The summed E-state index contributed by atoms with van der Waals surface area (Å²) in [6, 6.07) is 3.78. The van der Waals surface area contributed by atoms with Crippen molar-refractivity contribution in [1.29, 1.82) is 0 Å². The number of rotatable bonds is 6. The smallest absolute Gasteiger partial charge is 0.261 e. The number of carbonyl (C=O) groups is 2. The van der Waals surface area contributed by atoms with Crippen LogP contribution in [0.1, 0.15) is 77.7 Å². The molecule has 1 aromatic rings. The van der Waals surface area contributed by atoms with Gasteiger partial charge in [-0.3, -0.25) is 14.6 Å². The summed E-state index contributed by atoms with van der Waals surface area (Å²) in [5.41, 5.74) is 3.85. The zero-order valence-electron chi connectivity index (χ0n) is 21.4. The van der Waals surface area contributed by atoms with E-state index in [9.17, 15) is 9.59 Å². The zero-order chi connectivity index (χ0) is 24.6. The molecule has 35 heavy (non-hydrogen) atoms. The maximum atomic E-state index is 12.4. The molecule has 0 aliphatic heterocycles. The molecule has 6 nitrogen and oxygen atoms in total. The molecular formula is C29H39N3O3. The van der Waals surface area contributed by atoms with Gasteiger partial charge >= 0.3 is 0 Å². The van der Waals surface area contributed by atoms with Crippen molar-refractivity contribution < 1.29 is 14.4 Å². The van der Waals surface area contributed by atoms with Crippen molar-refractivity contribution in [3.63, 3.8) is 0 Å². The number of fused-ring (bicyclic) bond motifs is 5. The number of carbonyl (C=O) groups excluding carboxylic acids is 2. The summed E-state index contributed by atoms with van der Waals surface area (Å²) in [5.74, 6) is 2.61. The molecule has 0 spiro atoms. The molecular weight excluding hydrogens is 438 g/mol. The third-order valence-electron chi connectivity index (χ3n) is 10.1. The van der Waals surface area contributed by atoms with Gasteiger partial charge in [0.15, 0.2) is 6.61 Å². The Morgan fingerprint density at radius 2 is 2.00 bits per heavy atom. The molecule has 3 saturated carbocycles. The standard InChI is InChI=1S/C29H39N3O3/c1-19(33)24-8-9-25-23-7-6-21-15-22(10-12-28(21,2)26(23)11-13-29(24,25)3)32-35-18-27(34)31-17-20-5-4-14-30-16-20/h4-5,14-16,23-26H,6-13,17-18H2,1-3H3,(H,31,34)/b32-22-/t23?,24?,25?,26?,28-,29+/m0/s1. The van der Waals surface area contributed by atoms with Crippen LogP contribution >= 0.6 is 0 Å². The van der Waals surface area contributed by atoms with Gasteiger partial charge in [0, 0.05) is 24.9 Å². The molecule has 188 valence electrons. The highest BCUT2D eigenvalue weighted by molar-refractivity contribution is 5.96. The number of ketones is 1. The predicted molar refractivity (Wildman–Crippen MR) is 135 cm³/mol. The molecule has 0 saturated heterocycles. The minimum absolute atomic E-state index is 0.0769. The summed E-state index contributed by atoms with van der Waals surface area (Å²) in [6.45, 7) is 7.05. The van der Waals surface area contributed by atoms with Gasteiger partial charge in [-0.25, -0.2) is 0 Å². The second-order valence-corrected chi connectivity index (χ2v) is 11.8. The Hall–Kier alpha value is -2.50. The van der Waals surface area contributed by atoms with Crippen molar-refractivity contribution in [2.24, 2.45) is 39.7 Å². The first-order chi connectivity index (χ1) is 16.8. The van der Waals surface area contributed by atoms with E-state index in [1.54, 1.807) is 12.4 Å². The molecule has 6 atom stereocenters. The normalized spacial score (nSPS) is 37.0. The summed E-state index contributed by atoms with van der Waals surface area (Å²) in [4.78, 5) is 34.0. The van der Waals surface area contributed by atoms with Crippen LogP contribution in [0, 0.1) is 34.5 Å². The highest BCUT2D eigenvalue weighted by Crippen LogP contribution is 2.66. The fourth-order valence-corrected chi connectivity index (χ4v) is 8.24. The van der Waals surface area contributed by atoms with E-state index in [0.717, 1.165) is 42.9 Å². The average Bonchev–Trinajstić information content (AvgIpc) is 3.21. The lowest BCUT2D eigenvalue weighted by atomic mass is 9.46. The SMILES string of the molecule is CC(=O)C1CCC2C3CCC4=C/C(=N\OCC(=O)NCc5cccnc5)CC[C@]4(C)C3CC[C@]12C. The third-order valence-corrected chi connectivity index (χ3v) is 10.1. The average molecular weight is 478 g/mol. The van der Waals surface area contributed by atoms with Crippen LogP contribution in [-0.2, 0) is 21.0 Å². The van der Waals surface area contributed by atoms with Gasteiger partial charge in [0.1, 0.15) is 5.78 Å². The van der Waals surface area contributed by atoms with E-state index >= 15 is 0 Å². The quantitative estimate of drug-likeness (QED) is 0.568. The van der Waals surface area contributed by atoms with Gasteiger partial charge in [0.25, 0.3) is 5.91 Å². The molecule has 1 N–H and O–H groups in total. The second kappa shape index (κ2) is 9.51. The molecule has 0 aromatic carbocycles. The van der Waals surface area contributed by atoms with Gasteiger partial charge in [0.2, 0.25) is 0 Å². The fourth-order valence-electron chi connectivity index (χ4n) is 8.24. The number of hydrogen-bond donors (Lipinski definition) is 1. The number of nitrogens with zero attached hydrogens (tertiary/aromatic N) is 2. The van der Waals surface area contributed by atoms with E-state index in [1.807, 2.05) is 19.1 Å². The van der Waals surface area contributed by atoms with Crippen molar-refractivity contribution in [2.45, 2.75) is 78.7 Å². The van der Waals surface area contributed by atoms with E-state index in [0.29, 0.717) is 24.2 Å². The Labute approximate surface area is 209 Å². The molecule has 4 aliphatic carbocycles. The van der Waals surface area contributed by atoms with Crippen LogP contribution in [0.2, 0.25) is 0 Å². The van der Waals surface area contributed by atoms with E-state index in [1.165, 1.54) is 31.3 Å². The molecule has 1 amide bonds. The summed E-state index contributed by atoms with van der Waals surface area (Å²) < 4.78 is 0. The zero-order valence-corrected chi connectivity index (χ0v) is 21.4. The van der Waals surface area contributed by atoms with Crippen LogP contribution in [0.3, 0.4) is 0 Å². The lowest BCUT2D eigenvalue weighted by molar-refractivity contribution is -0.128. The molecule has 0 radical (unpaired) electrons. The molecule has 3 fully saturated rings. The molecule has 5 rings (SSSR count). The largest absolute Gasteiger partial charge is 0.385 e. The highest BCUT2D eigenvalue weighted by Gasteiger charge is 2.59. The van der Waals surface area contributed by atoms with E-state index in [2.05, 4.69) is 35.4 Å². The van der Waals surface area contributed by atoms with Crippen molar-refractivity contribution in [3.05, 3.63) is 41.7 Å². The van der Waals surface area contributed by atoms with Crippen molar-refractivity contribution in [2.75, 3.05) is 6.61 Å². The molecule has 6 heteroatoms. The first-order valence-corrected chi connectivity index (χ1v) is 13.4. The summed E-state index contributed by atoms with van der Waals surface area (Å²) >= 11 is 0. The van der Waals surface area contributed by atoms with Crippen molar-refractivity contribution in [1.82, 2.24) is 10.3 Å². The molecule has 0 bridgehead atoms. The number of hydrogen-bond acceptors (Lipinski definition) is 5. The predicted octanol–water partition coefficient (Wildman–Crippen LogP) is 5.24. The molecule has 1 aromatic heterocycles. The number of Topliss-reactive ketones (excluding diaryl/α,β-unsaturated/α-hetero) is 1. The topological polar surface area (TPSA) is 80.6 Å². The number of pyridine rings is 1. The first-order valence-electron chi connectivity index (χ1n) is 13.4. The summed E-state index contributed by atoms with van der Waals surface area (Å²) in [5, 5.41) is 7.17. The van der Waals surface area contributed by atoms with Crippen LogP contribution in [-0.4, -0.2) is 29.0 Å². The first kappa shape index (κ1) is 24.2. The van der Waals surface area contributed by atoms with Crippen LogP contribution < -0.4 is 5.32 Å². The lowest BCUT2D eigenvalue weighted by Crippen LogP contribution is -2.51. The minimum atomic E-state index is -0.183. The number of nitrogens with one attached hydrogen (secondary N) is 1. The van der Waals surface area contributed by atoms with Crippen molar-refractivity contribution >= 4 is 17.4 Å². The van der Waals surface area contributed by atoms with E-state index < -0.39 is 0 Å². The van der Waals surface area contributed by atoms with Gasteiger partial charge in [0.05, 0.1) is 5.71 Å². The Morgan fingerprint density at radius 3 is 2.77 bits per heavy atom. The van der Waals surface area contributed by atoms with Crippen molar-refractivity contribution in [3.8, 4) is 0 Å². The van der Waals surface area contributed by atoms with E-state index in [-0.39, 0.29) is 29.3 Å². The van der Waals surface area contributed by atoms with Gasteiger partial charge in [-0.15, -0.1) is 0 Å². The molecule has 4 aliphatic rings. The Bertz CT molecular complexity index is 1030. The highest BCUT2D eigenvalue weighted by atomic mass is 16.6. The maximum Gasteiger partial charge on any atom is 0.261 e. The van der Waals surface area contributed by atoms with Gasteiger partial charge in [-0.05, 0) is 105 Å². The number of amides is 1. The van der Waals surface area contributed by atoms with Gasteiger partial charge in [-0.1, -0.05) is 30.6 Å². The fraction of sp³-hybridized carbons (Fsp3) is 0.655. The van der Waals surface area contributed by atoms with Crippen LogP contribution in [0.4, 0.5) is 0 Å². The summed E-state index contributed by atoms with van der Waals surface area (Å²) in [6.07, 6.45) is 14.7. The second-order valence-electron chi connectivity index (χ2n) is 11.8. The number of allylic oxidation sites excluding steroid dienone is 2. The van der Waals surface area contributed by atoms with Gasteiger partial charge < -0.3 is 10.2 Å². The monoisotopic (exact) mass is 477 g/mol. The third kappa shape index (κ3) is 4.45.